The second kappa shape index (κ2) is 9.18. The number of guanidine groups is 1. The zero-order valence-corrected chi connectivity index (χ0v) is 12.8. The van der Waals surface area contributed by atoms with Crippen LogP contribution in [0.5, 0.6) is 0 Å². The normalized spacial score (nSPS) is 13.5. The number of aliphatic imine (C=N–C) groups is 1. The first-order chi connectivity index (χ1) is 9.13. The number of nitrogens with one attached hydrogen (secondary N) is 1. The van der Waals surface area contributed by atoms with Gasteiger partial charge in [-0.05, 0) is 18.6 Å². The number of aliphatic hydroxyl groups is 1. The van der Waals surface area contributed by atoms with Crippen molar-refractivity contribution in [3.8, 4) is 0 Å². The van der Waals surface area contributed by atoms with E-state index in [1.165, 1.54) is 30.6 Å². The maximum Gasteiger partial charge on any atom is 0.188 e. The molecule has 0 aliphatic rings. The lowest BCUT2D eigenvalue weighted by Gasteiger charge is -2.07. The van der Waals surface area contributed by atoms with Crippen LogP contribution in [0.1, 0.15) is 43.6 Å². The molecule has 0 saturated heterocycles. The first-order valence-corrected chi connectivity index (χ1v) is 7.80. The molecule has 1 aromatic heterocycles. The Balaban J connectivity index is 2.23. The summed E-state index contributed by atoms with van der Waals surface area (Å²) in [5, 5.41) is 12.9. The minimum absolute atomic E-state index is 0.255. The zero-order chi connectivity index (χ0) is 14.1. The number of aliphatic hydroxyl groups excluding tert-OH is 1. The Morgan fingerprint density at radius 3 is 2.89 bits per heavy atom. The van der Waals surface area contributed by atoms with Crippen molar-refractivity contribution in [2.24, 2.45) is 10.7 Å². The van der Waals surface area contributed by atoms with Crippen LogP contribution in [0.3, 0.4) is 0 Å². The third-order valence-electron chi connectivity index (χ3n) is 2.69. The highest BCUT2D eigenvalue weighted by Gasteiger charge is 2.09. The van der Waals surface area contributed by atoms with Gasteiger partial charge in [-0.1, -0.05) is 37.8 Å². The molecule has 0 spiro atoms. The van der Waals surface area contributed by atoms with Crippen LogP contribution in [-0.4, -0.2) is 24.2 Å². The average Bonchev–Trinajstić information content (AvgIpc) is 2.82. The molecule has 19 heavy (non-hydrogen) atoms. The van der Waals surface area contributed by atoms with Crippen molar-refractivity contribution in [2.75, 3.05) is 13.1 Å². The number of hydrogen-bond acceptors (Lipinski definition) is 3. The van der Waals surface area contributed by atoms with Crippen molar-refractivity contribution < 1.29 is 5.11 Å². The lowest BCUT2D eigenvalue weighted by Crippen LogP contribution is -2.32. The van der Waals surface area contributed by atoms with Gasteiger partial charge in [0.2, 0.25) is 0 Å². The van der Waals surface area contributed by atoms with E-state index in [1.54, 1.807) is 6.07 Å². The molecule has 4 nitrogen and oxygen atoms in total. The van der Waals surface area contributed by atoms with Crippen LogP contribution in [0.15, 0.2) is 17.1 Å². The number of halogens is 1. The van der Waals surface area contributed by atoms with E-state index in [0.717, 1.165) is 17.8 Å². The van der Waals surface area contributed by atoms with E-state index < -0.39 is 6.10 Å². The van der Waals surface area contributed by atoms with E-state index in [4.69, 9.17) is 17.3 Å². The highest BCUT2D eigenvalue weighted by molar-refractivity contribution is 7.16. The van der Waals surface area contributed by atoms with E-state index in [0.29, 0.717) is 10.3 Å². The molecule has 0 bridgehead atoms. The van der Waals surface area contributed by atoms with Crippen LogP contribution in [-0.2, 0) is 0 Å². The van der Waals surface area contributed by atoms with Crippen molar-refractivity contribution in [1.29, 1.82) is 0 Å². The third kappa shape index (κ3) is 6.80. The van der Waals surface area contributed by atoms with Gasteiger partial charge in [-0.25, -0.2) is 0 Å². The molecular formula is C13H22ClN3OS. The number of hydrogen-bond donors (Lipinski definition) is 3. The van der Waals surface area contributed by atoms with Crippen LogP contribution < -0.4 is 11.1 Å². The molecule has 1 rings (SSSR count). The van der Waals surface area contributed by atoms with Gasteiger partial charge in [0.1, 0.15) is 6.10 Å². The van der Waals surface area contributed by atoms with Gasteiger partial charge in [-0.2, -0.15) is 0 Å². The summed E-state index contributed by atoms with van der Waals surface area (Å²) in [6.45, 7) is 3.27. The molecule has 6 heteroatoms. The number of rotatable bonds is 8. The Hall–Kier alpha value is -0.780. The molecule has 0 fully saturated rings. The summed E-state index contributed by atoms with van der Waals surface area (Å²) in [7, 11) is 0. The van der Waals surface area contributed by atoms with E-state index >= 15 is 0 Å². The van der Waals surface area contributed by atoms with E-state index in [-0.39, 0.29) is 6.54 Å². The maximum absolute atomic E-state index is 9.89. The Labute approximate surface area is 123 Å². The lowest BCUT2D eigenvalue weighted by atomic mass is 10.2. The van der Waals surface area contributed by atoms with Gasteiger partial charge in [0.25, 0.3) is 0 Å². The van der Waals surface area contributed by atoms with Gasteiger partial charge >= 0.3 is 0 Å². The van der Waals surface area contributed by atoms with Crippen molar-refractivity contribution in [2.45, 2.75) is 38.7 Å². The Kier molecular flexibility index (Phi) is 7.86. The second-order valence-corrected chi connectivity index (χ2v) is 6.12. The van der Waals surface area contributed by atoms with Gasteiger partial charge in [0.15, 0.2) is 5.96 Å². The molecule has 1 atom stereocenters. The van der Waals surface area contributed by atoms with Crippen molar-refractivity contribution in [3.63, 3.8) is 0 Å². The summed E-state index contributed by atoms with van der Waals surface area (Å²) in [6, 6.07) is 3.57. The minimum Gasteiger partial charge on any atom is -0.386 e. The van der Waals surface area contributed by atoms with E-state index in [1.807, 2.05) is 6.07 Å². The van der Waals surface area contributed by atoms with Gasteiger partial charge in [-0.3, -0.25) is 4.99 Å². The Morgan fingerprint density at radius 1 is 1.47 bits per heavy atom. The molecule has 4 N–H and O–H groups in total. The third-order valence-corrected chi connectivity index (χ3v) is 4.03. The zero-order valence-electron chi connectivity index (χ0n) is 11.2. The van der Waals surface area contributed by atoms with Gasteiger partial charge in [0.05, 0.1) is 10.9 Å². The quantitative estimate of drug-likeness (QED) is 0.393. The summed E-state index contributed by atoms with van der Waals surface area (Å²) in [5.41, 5.74) is 5.73. The predicted molar refractivity (Wildman–Crippen MR) is 82.9 cm³/mol. The van der Waals surface area contributed by atoms with Crippen LogP contribution in [0, 0.1) is 0 Å². The first-order valence-electron chi connectivity index (χ1n) is 6.60. The largest absolute Gasteiger partial charge is 0.386 e. The molecule has 0 aliphatic carbocycles. The van der Waals surface area contributed by atoms with E-state index in [2.05, 4.69) is 17.2 Å². The molecule has 0 aliphatic heterocycles. The maximum atomic E-state index is 9.89. The molecule has 1 heterocycles. The number of unbranched alkanes of at least 4 members (excludes halogenated alkanes) is 3. The molecule has 0 amide bonds. The second-order valence-electron chi connectivity index (χ2n) is 4.37. The molecule has 0 aromatic carbocycles. The summed E-state index contributed by atoms with van der Waals surface area (Å²) in [5.74, 6) is 0.387. The number of nitrogens with two attached hydrogens (primary N) is 1. The van der Waals surface area contributed by atoms with Crippen LogP contribution in [0.25, 0.3) is 0 Å². The molecule has 108 valence electrons. The summed E-state index contributed by atoms with van der Waals surface area (Å²) in [4.78, 5) is 4.93. The Bertz CT molecular complexity index is 395. The fourth-order valence-electron chi connectivity index (χ4n) is 1.61. The highest BCUT2D eigenvalue weighted by Crippen LogP contribution is 2.26. The molecule has 1 unspecified atom stereocenters. The van der Waals surface area contributed by atoms with Gasteiger partial charge in [0, 0.05) is 11.4 Å². The Morgan fingerprint density at radius 2 is 2.26 bits per heavy atom. The number of thiophene rings is 1. The van der Waals surface area contributed by atoms with Crippen molar-refractivity contribution in [1.82, 2.24) is 5.32 Å². The van der Waals surface area contributed by atoms with Crippen molar-refractivity contribution >= 4 is 28.9 Å². The van der Waals surface area contributed by atoms with Crippen LogP contribution >= 0.6 is 22.9 Å². The van der Waals surface area contributed by atoms with Crippen molar-refractivity contribution in [3.05, 3.63) is 21.3 Å². The molecular weight excluding hydrogens is 282 g/mol. The number of nitrogens with zero attached hydrogens (tertiary/aromatic N) is 1. The van der Waals surface area contributed by atoms with Gasteiger partial charge in [-0.15, -0.1) is 11.3 Å². The lowest BCUT2D eigenvalue weighted by molar-refractivity contribution is 0.191. The minimum atomic E-state index is -0.641. The summed E-state index contributed by atoms with van der Waals surface area (Å²) >= 11 is 7.17. The smallest absolute Gasteiger partial charge is 0.188 e. The van der Waals surface area contributed by atoms with Crippen LogP contribution in [0.2, 0.25) is 4.34 Å². The SMILES string of the molecule is CCCCCCNC(N)=NCC(O)c1ccc(Cl)s1. The van der Waals surface area contributed by atoms with Gasteiger partial charge < -0.3 is 16.2 Å². The standard InChI is InChI=1S/C13H22ClN3OS/c1-2-3-4-5-8-16-13(15)17-9-10(18)11-6-7-12(14)19-11/h6-7,10,18H,2-5,8-9H2,1H3,(H3,15,16,17). The fraction of sp³-hybridized carbons (Fsp3) is 0.615. The topological polar surface area (TPSA) is 70.6 Å². The first kappa shape index (κ1) is 16.3. The molecule has 0 saturated carbocycles. The van der Waals surface area contributed by atoms with Crippen LogP contribution in [0.4, 0.5) is 0 Å². The molecule has 0 radical (unpaired) electrons. The average molecular weight is 304 g/mol. The molecule has 1 aromatic rings. The highest BCUT2D eigenvalue weighted by atomic mass is 35.5. The summed E-state index contributed by atoms with van der Waals surface area (Å²) in [6.07, 6.45) is 4.12. The summed E-state index contributed by atoms with van der Waals surface area (Å²) < 4.78 is 0.667. The predicted octanol–water partition coefficient (Wildman–Crippen LogP) is 2.92. The fourth-order valence-corrected chi connectivity index (χ4v) is 2.64. The van der Waals surface area contributed by atoms with E-state index in [9.17, 15) is 5.11 Å². The monoisotopic (exact) mass is 303 g/mol.